The minimum atomic E-state index is -4.02. The summed E-state index contributed by atoms with van der Waals surface area (Å²) < 4.78 is 65.5. The van der Waals surface area contributed by atoms with Crippen LogP contribution in [0.5, 0.6) is 11.9 Å². The van der Waals surface area contributed by atoms with Gasteiger partial charge in [0.1, 0.15) is 0 Å². The highest BCUT2D eigenvalue weighted by Gasteiger charge is 2.18. The number of hydrogen-bond donors (Lipinski definition) is 2. The molecular weight excluding hydrogens is 512 g/mol. The van der Waals surface area contributed by atoms with Crippen LogP contribution in [0.3, 0.4) is 0 Å². The van der Waals surface area contributed by atoms with Crippen LogP contribution in [0.25, 0.3) is 0 Å². The number of aromatic nitrogens is 2. The molecule has 0 bridgehead atoms. The Bertz CT molecular complexity index is 1280. The number of methoxy groups -OCH3 is 2. The van der Waals surface area contributed by atoms with Crippen LogP contribution < -0.4 is 18.9 Å². The molecule has 0 aliphatic carbocycles. The van der Waals surface area contributed by atoms with Crippen LogP contribution in [0.1, 0.15) is 0 Å². The van der Waals surface area contributed by atoms with Crippen molar-refractivity contribution in [1.82, 2.24) is 9.97 Å². The van der Waals surface area contributed by atoms with Gasteiger partial charge in [-0.05, 0) is 42.5 Å². The molecule has 3 rings (SSSR count). The molecule has 1 aromatic heterocycles. The lowest BCUT2D eigenvalue weighted by molar-refractivity contribution is 0.353. The fraction of sp³-hybridized carbons (Fsp3) is 0.111. The average molecular weight is 529 g/mol. The van der Waals surface area contributed by atoms with Crippen molar-refractivity contribution < 1.29 is 26.3 Å². The topological polar surface area (TPSA) is 137 Å². The molecule has 0 unspecified atom stereocenters. The minimum absolute atomic E-state index is 0.0527. The van der Waals surface area contributed by atoms with E-state index in [0.29, 0.717) is 4.47 Å². The van der Waals surface area contributed by atoms with E-state index in [1.165, 1.54) is 56.7 Å². The summed E-state index contributed by atoms with van der Waals surface area (Å²) in [6.07, 6.45) is 0. The number of nitrogens with zero attached hydrogens (tertiary/aromatic N) is 2. The van der Waals surface area contributed by atoms with Crippen LogP contribution in [0, 0.1) is 0 Å². The number of ether oxygens (including phenoxy) is 2. The molecule has 2 N–H and O–H groups in total. The van der Waals surface area contributed by atoms with Gasteiger partial charge in [-0.2, -0.15) is 9.97 Å². The second-order valence-corrected chi connectivity index (χ2v) is 10.3. The van der Waals surface area contributed by atoms with E-state index >= 15 is 0 Å². The molecular formula is C18H17BrN4O6S2. The van der Waals surface area contributed by atoms with Crippen molar-refractivity contribution in [2.24, 2.45) is 0 Å². The van der Waals surface area contributed by atoms with Gasteiger partial charge < -0.3 is 9.47 Å². The molecule has 0 fully saturated rings. The molecule has 13 heteroatoms. The van der Waals surface area contributed by atoms with E-state index in [1.54, 1.807) is 12.1 Å². The predicted octanol–water partition coefficient (Wildman–Crippen LogP) is 2.86. The van der Waals surface area contributed by atoms with Crippen LogP contribution in [-0.4, -0.2) is 41.0 Å². The van der Waals surface area contributed by atoms with Crippen molar-refractivity contribution in [2.45, 2.75) is 9.79 Å². The number of anilines is 2. The molecule has 0 radical (unpaired) electrons. The fourth-order valence-corrected chi connectivity index (χ4v) is 5.05. The summed E-state index contributed by atoms with van der Waals surface area (Å²) in [7, 11) is -5.15. The third-order valence-corrected chi connectivity index (χ3v) is 7.08. The maximum atomic E-state index is 12.7. The van der Waals surface area contributed by atoms with Gasteiger partial charge in [0.15, 0.2) is 5.82 Å². The normalized spacial score (nSPS) is 11.6. The van der Waals surface area contributed by atoms with Gasteiger partial charge in [0, 0.05) is 16.2 Å². The van der Waals surface area contributed by atoms with Gasteiger partial charge in [0.05, 0.1) is 24.0 Å². The first-order valence-corrected chi connectivity index (χ1v) is 12.3. The number of nitrogens with one attached hydrogen (secondary N) is 2. The molecule has 0 saturated heterocycles. The molecule has 0 aliphatic heterocycles. The summed E-state index contributed by atoms with van der Waals surface area (Å²) in [5, 5.41) is 0. The van der Waals surface area contributed by atoms with Gasteiger partial charge in [-0.25, -0.2) is 16.8 Å². The zero-order chi connectivity index (χ0) is 22.6. The Morgan fingerprint density at radius 1 is 0.806 bits per heavy atom. The van der Waals surface area contributed by atoms with Gasteiger partial charge >= 0.3 is 6.01 Å². The highest BCUT2D eigenvalue weighted by Crippen LogP contribution is 2.23. The lowest BCUT2D eigenvalue weighted by Gasteiger charge is -2.11. The van der Waals surface area contributed by atoms with Crippen molar-refractivity contribution in [2.75, 3.05) is 23.7 Å². The first-order valence-electron chi connectivity index (χ1n) is 8.51. The molecule has 0 saturated carbocycles. The summed E-state index contributed by atoms with van der Waals surface area (Å²) in [5.74, 6) is 0.0602. The summed E-state index contributed by atoms with van der Waals surface area (Å²) in [6.45, 7) is 0. The second-order valence-electron chi connectivity index (χ2n) is 5.97. The van der Waals surface area contributed by atoms with E-state index in [-0.39, 0.29) is 33.2 Å². The van der Waals surface area contributed by atoms with E-state index in [9.17, 15) is 16.8 Å². The number of sulfonamides is 2. The van der Waals surface area contributed by atoms with Gasteiger partial charge in [-0.1, -0.05) is 22.0 Å². The van der Waals surface area contributed by atoms with Crippen LogP contribution in [0.4, 0.5) is 11.5 Å². The molecule has 164 valence electrons. The van der Waals surface area contributed by atoms with Crippen molar-refractivity contribution in [1.29, 1.82) is 0 Å². The standard InChI is InChI=1S/C18H17BrN4O6S2/c1-28-17-11-16(20-18(21-17)29-2)23-30(24,25)14-8-6-13(7-9-14)22-31(26,27)15-5-3-4-12(19)10-15/h3-11,22H,1-2H3,(H,20,21,23). The quantitative estimate of drug-likeness (QED) is 0.455. The lowest BCUT2D eigenvalue weighted by atomic mass is 10.3. The van der Waals surface area contributed by atoms with E-state index in [4.69, 9.17) is 9.47 Å². The zero-order valence-electron chi connectivity index (χ0n) is 16.2. The zero-order valence-corrected chi connectivity index (χ0v) is 19.5. The van der Waals surface area contributed by atoms with Crippen molar-refractivity contribution >= 4 is 47.5 Å². The van der Waals surface area contributed by atoms with Crippen LogP contribution >= 0.6 is 15.9 Å². The Balaban J connectivity index is 1.80. The van der Waals surface area contributed by atoms with Crippen LogP contribution in [0.15, 0.2) is 68.9 Å². The third kappa shape index (κ3) is 5.62. The first-order chi connectivity index (χ1) is 14.6. The van der Waals surface area contributed by atoms with E-state index in [1.807, 2.05) is 0 Å². The highest BCUT2D eigenvalue weighted by molar-refractivity contribution is 9.10. The Morgan fingerprint density at radius 2 is 1.48 bits per heavy atom. The summed E-state index contributed by atoms with van der Waals surface area (Å²) in [4.78, 5) is 7.77. The van der Waals surface area contributed by atoms with E-state index in [2.05, 4.69) is 35.3 Å². The second kappa shape index (κ2) is 9.08. The van der Waals surface area contributed by atoms with Gasteiger partial charge in [-0.15, -0.1) is 0 Å². The number of rotatable bonds is 8. The van der Waals surface area contributed by atoms with Crippen molar-refractivity contribution in [3.63, 3.8) is 0 Å². The monoisotopic (exact) mass is 528 g/mol. The summed E-state index contributed by atoms with van der Waals surface area (Å²) in [5.41, 5.74) is 0.198. The van der Waals surface area contributed by atoms with Crippen molar-refractivity contribution in [3.05, 3.63) is 59.1 Å². The Kier molecular flexibility index (Phi) is 6.67. The average Bonchev–Trinajstić information content (AvgIpc) is 2.73. The minimum Gasteiger partial charge on any atom is -0.481 e. The Labute approximate surface area is 187 Å². The molecule has 0 spiro atoms. The fourth-order valence-electron chi connectivity index (χ4n) is 2.40. The molecule has 3 aromatic rings. The molecule has 31 heavy (non-hydrogen) atoms. The van der Waals surface area contributed by atoms with Gasteiger partial charge in [0.2, 0.25) is 5.88 Å². The summed E-state index contributed by atoms with van der Waals surface area (Å²) >= 11 is 3.23. The highest BCUT2D eigenvalue weighted by atomic mass is 79.9. The molecule has 0 aliphatic rings. The Morgan fingerprint density at radius 3 is 2.10 bits per heavy atom. The number of halogens is 1. The van der Waals surface area contributed by atoms with Crippen LogP contribution in [-0.2, 0) is 20.0 Å². The van der Waals surface area contributed by atoms with Crippen molar-refractivity contribution in [3.8, 4) is 11.9 Å². The maximum Gasteiger partial charge on any atom is 0.321 e. The van der Waals surface area contributed by atoms with Gasteiger partial charge in [-0.3, -0.25) is 9.44 Å². The first kappa shape index (κ1) is 22.8. The molecule has 1 heterocycles. The van der Waals surface area contributed by atoms with E-state index in [0.717, 1.165) is 0 Å². The van der Waals surface area contributed by atoms with Crippen LogP contribution in [0.2, 0.25) is 0 Å². The maximum absolute atomic E-state index is 12.7. The number of benzene rings is 2. The molecule has 10 nitrogen and oxygen atoms in total. The molecule has 0 amide bonds. The predicted molar refractivity (Wildman–Crippen MR) is 117 cm³/mol. The number of hydrogen-bond acceptors (Lipinski definition) is 8. The SMILES string of the molecule is COc1cc(NS(=O)(=O)c2ccc(NS(=O)(=O)c3cccc(Br)c3)cc2)nc(OC)n1. The smallest absolute Gasteiger partial charge is 0.321 e. The largest absolute Gasteiger partial charge is 0.481 e. The lowest BCUT2D eigenvalue weighted by Crippen LogP contribution is -2.15. The van der Waals surface area contributed by atoms with Gasteiger partial charge in [0.25, 0.3) is 20.0 Å². The third-order valence-electron chi connectivity index (χ3n) is 3.84. The molecule has 0 atom stereocenters. The Hall–Kier alpha value is -2.90. The molecule has 2 aromatic carbocycles. The van der Waals surface area contributed by atoms with E-state index < -0.39 is 20.0 Å². The summed E-state index contributed by atoms with van der Waals surface area (Å²) in [6, 6.07) is 12.6.